The van der Waals surface area contributed by atoms with Crippen molar-refractivity contribution in [3.05, 3.63) is 58.0 Å². The first-order chi connectivity index (χ1) is 11.8. The number of hydrogen-bond donors (Lipinski definition) is 0. The standard InChI is InChI=1S/C16H10B2F2O5/c1-24-15-7(19)2-5(3-8(15)20)12(21)6-4-25-16-9(6)13(22)14(23)10(17)11(16)18/h2-4H,17-18H2,1H3. The highest BCUT2D eigenvalue weighted by molar-refractivity contribution is 6.68. The Morgan fingerprint density at radius 1 is 1.08 bits per heavy atom. The molecule has 0 unspecified atom stereocenters. The van der Waals surface area contributed by atoms with Gasteiger partial charge in [-0.3, -0.25) is 14.4 Å². The SMILES string of the molecule is BC1=C(B)c2occ(C(=O)c3cc(F)c(OC)c(F)c3)c2C(=O)C1=O. The fourth-order valence-corrected chi connectivity index (χ4v) is 2.69. The average Bonchev–Trinajstić information content (AvgIpc) is 3.02. The lowest BCUT2D eigenvalue weighted by molar-refractivity contribution is -0.111. The van der Waals surface area contributed by atoms with E-state index in [-0.39, 0.29) is 27.9 Å². The number of carbonyl (C=O) groups excluding carboxylic acids is 3. The first-order valence-corrected chi connectivity index (χ1v) is 7.24. The van der Waals surface area contributed by atoms with E-state index in [1.165, 1.54) is 7.85 Å². The molecule has 1 aliphatic carbocycles. The van der Waals surface area contributed by atoms with Crippen LogP contribution in [0.3, 0.4) is 0 Å². The maximum atomic E-state index is 13.8. The van der Waals surface area contributed by atoms with Gasteiger partial charge in [-0.05, 0) is 23.1 Å². The summed E-state index contributed by atoms with van der Waals surface area (Å²) in [5.41, 5.74) is -0.0689. The maximum Gasteiger partial charge on any atom is 0.236 e. The van der Waals surface area contributed by atoms with Crippen LogP contribution >= 0.6 is 0 Å². The summed E-state index contributed by atoms with van der Waals surface area (Å²) >= 11 is 0. The van der Waals surface area contributed by atoms with Crippen LogP contribution in [0.5, 0.6) is 5.75 Å². The van der Waals surface area contributed by atoms with E-state index in [4.69, 9.17) is 4.42 Å². The molecule has 0 atom stereocenters. The summed E-state index contributed by atoms with van der Waals surface area (Å²) in [4.78, 5) is 36.9. The summed E-state index contributed by atoms with van der Waals surface area (Å²) in [5.74, 6) is -5.09. The highest BCUT2D eigenvalue weighted by Crippen LogP contribution is 2.32. The van der Waals surface area contributed by atoms with Gasteiger partial charge in [-0.15, -0.1) is 0 Å². The van der Waals surface area contributed by atoms with Gasteiger partial charge in [0.05, 0.1) is 18.2 Å². The minimum Gasteiger partial charge on any atom is -0.491 e. The third-order valence-corrected chi connectivity index (χ3v) is 4.18. The van der Waals surface area contributed by atoms with Crippen LogP contribution in [-0.2, 0) is 4.79 Å². The van der Waals surface area contributed by atoms with E-state index < -0.39 is 34.7 Å². The average molecular weight is 342 g/mol. The number of fused-ring (bicyclic) bond motifs is 1. The quantitative estimate of drug-likeness (QED) is 0.461. The molecule has 5 nitrogen and oxygen atoms in total. The van der Waals surface area contributed by atoms with Crippen LogP contribution in [0.2, 0.25) is 0 Å². The third kappa shape index (κ3) is 2.43. The Hall–Kier alpha value is -2.96. The molecule has 0 saturated heterocycles. The van der Waals surface area contributed by atoms with E-state index in [0.29, 0.717) is 5.47 Å². The van der Waals surface area contributed by atoms with Crippen LogP contribution in [0.25, 0.3) is 5.47 Å². The number of ketones is 3. The molecule has 0 amide bonds. The molecular formula is C16H10B2F2O5. The van der Waals surface area contributed by atoms with Crippen molar-refractivity contribution in [1.82, 2.24) is 0 Å². The van der Waals surface area contributed by atoms with Crippen molar-refractivity contribution < 1.29 is 32.3 Å². The molecule has 0 aliphatic heterocycles. The van der Waals surface area contributed by atoms with Gasteiger partial charge < -0.3 is 9.15 Å². The molecule has 2 aromatic rings. The van der Waals surface area contributed by atoms with Gasteiger partial charge in [0.15, 0.2) is 23.2 Å². The summed E-state index contributed by atoms with van der Waals surface area (Å²) in [6.07, 6.45) is 1.01. The zero-order valence-corrected chi connectivity index (χ0v) is 13.5. The van der Waals surface area contributed by atoms with E-state index in [2.05, 4.69) is 4.74 Å². The van der Waals surface area contributed by atoms with Gasteiger partial charge in [0.1, 0.15) is 27.7 Å². The highest BCUT2D eigenvalue weighted by Gasteiger charge is 2.35. The van der Waals surface area contributed by atoms with Gasteiger partial charge in [-0.25, -0.2) is 8.78 Å². The van der Waals surface area contributed by atoms with Gasteiger partial charge >= 0.3 is 0 Å². The molecule has 0 saturated carbocycles. The van der Waals surface area contributed by atoms with Gasteiger partial charge in [0.25, 0.3) is 0 Å². The van der Waals surface area contributed by atoms with Gasteiger partial charge in [0.2, 0.25) is 11.6 Å². The number of Topliss-reactive ketones (excluding diaryl/α,β-unsaturated/α-hetero) is 2. The van der Waals surface area contributed by atoms with Crippen molar-refractivity contribution in [2.75, 3.05) is 7.11 Å². The summed E-state index contributed by atoms with van der Waals surface area (Å²) in [6, 6.07) is 1.60. The lowest BCUT2D eigenvalue weighted by Crippen LogP contribution is -2.25. The number of furan rings is 1. The number of methoxy groups -OCH3 is 1. The fourth-order valence-electron chi connectivity index (χ4n) is 2.69. The van der Waals surface area contributed by atoms with E-state index in [0.717, 1.165) is 25.5 Å². The summed E-state index contributed by atoms with van der Waals surface area (Å²) in [6.45, 7) is 0. The molecule has 1 aliphatic rings. The second kappa shape index (κ2) is 5.84. The van der Waals surface area contributed by atoms with Crippen LogP contribution < -0.4 is 4.74 Å². The predicted molar refractivity (Wildman–Crippen MR) is 88.4 cm³/mol. The molecule has 124 valence electrons. The minimum absolute atomic E-state index is 0.111. The van der Waals surface area contributed by atoms with E-state index >= 15 is 0 Å². The maximum absolute atomic E-state index is 13.8. The molecule has 1 aromatic heterocycles. The molecule has 25 heavy (non-hydrogen) atoms. The van der Waals surface area contributed by atoms with Crippen molar-refractivity contribution >= 4 is 38.5 Å². The first kappa shape index (κ1) is 16.9. The molecule has 0 fully saturated rings. The predicted octanol–water partition coefficient (Wildman–Crippen LogP) is 0.498. The molecule has 9 heteroatoms. The molecule has 3 rings (SSSR count). The van der Waals surface area contributed by atoms with Crippen molar-refractivity contribution in [2.45, 2.75) is 0 Å². The Labute approximate surface area is 142 Å². The number of hydrogen-bond acceptors (Lipinski definition) is 5. The van der Waals surface area contributed by atoms with E-state index in [1.807, 2.05) is 0 Å². The minimum atomic E-state index is -1.06. The van der Waals surface area contributed by atoms with Crippen molar-refractivity contribution in [3.63, 3.8) is 0 Å². The molecular weight excluding hydrogens is 332 g/mol. The Morgan fingerprint density at radius 2 is 1.68 bits per heavy atom. The lowest BCUT2D eigenvalue weighted by atomic mass is 9.70. The van der Waals surface area contributed by atoms with Crippen LogP contribution in [0.1, 0.15) is 32.0 Å². The summed E-state index contributed by atoms with van der Waals surface area (Å²) in [5, 5.41) is 0. The molecule has 1 aromatic carbocycles. The topological polar surface area (TPSA) is 73.6 Å². The Morgan fingerprint density at radius 3 is 2.24 bits per heavy atom. The first-order valence-electron chi connectivity index (χ1n) is 7.24. The van der Waals surface area contributed by atoms with Crippen molar-refractivity contribution in [3.8, 4) is 5.75 Å². The van der Waals surface area contributed by atoms with Crippen LogP contribution in [0.15, 0.2) is 28.3 Å². The Kier molecular flexibility index (Phi) is 3.94. The van der Waals surface area contributed by atoms with E-state index in [9.17, 15) is 23.2 Å². The number of ether oxygens (including phenoxy) is 1. The Balaban J connectivity index is 2.15. The fraction of sp³-hybridized carbons (Fsp3) is 0.0625. The number of allylic oxidation sites excluding steroid dienone is 1. The summed E-state index contributed by atoms with van der Waals surface area (Å²) < 4.78 is 37.5. The Bertz CT molecular complexity index is 967. The van der Waals surface area contributed by atoms with Crippen LogP contribution in [-0.4, -0.2) is 40.2 Å². The number of halogens is 2. The highest BCUT2D eigenvalue weighted by atomic mass is 19.1. The number of carbonyl (C=O) groups is 3. The normalized spacial score (nSPS) is 13.9. The number of benzene rings is 1. The zero-order chi connectivity index (χ0) is 18.5. The third-order valence-electron chi connectivity index (χ3n) is 4.18. The van der Waals surface area contributed by atoms with Crippen LogP contribution in [0.4, 0.5) is 8.78 Å². The molecule has 0 radical (unpaired) electrons. The summed E-state index contributed by atoms with van der Waals surface area (Å²) in [7, 11) is 4.16. The smallest absolute Gasteiger partial charge is 0.236 e. The second-order valence-corrected chi connectivity index (χ2v) is 5.56. The molecule has 0 spiro atoms. The van der Waals surface area contributed by atoms with Crippen molar-refractivity contribution in [1.29, 1.82) is 0 Å². The van der Waals surface area contributed by atoms with Gasteiger partial charge in [-0.2, -0.15) is 0 Å². The second-order valence-electron chi connectivity index (χ2n) is 5.56. The van der Waals surface area contributed by atoms with E-state index in [1.54, 1.807) is 7.85 Å². The molecule has 0 N–H and O–H groups in total. The zero-order valence-electron chi connectivity index (χ0n) is 13.5. The lowest BCUT2D eigenvalue weighted by Gasteiger charge is -2.13. The van der Waals surface area contributed by atoms with Gasteiger partial charge in [0, 0.05) is 5.56 Å². The van der Waals surface area contributed by atoms with Gasteiger partial charge in [-0.1, -0.05) is 0 Å². The van der Waals surface area contributed by atoms with Crippen LogP contribution in [0, 0.1) is 11.6 Å². The largest absolute Gasteiger partial charge is 0.491 e. The van der Waals surface area contributed by atoms with Crippen molar-refractivity contribution in [2.24, 2.45) is 0 Å². The monoisotopic (exact) mass is 342 g/mol. The molecule has 0 bridgehead atoms. The number of rotatable bonds is 3. The molecule has 1 heterocycles.